The minimum atomic E-state index is 0.475. The van der Waals surface area contributed by atoms with Crippen molar-refractivity contribution in [3.05, 3.63) is 64.7 Å². The minimum Gasteiger partial charge on any atom is -0.489 e. The van der Waals surface area contributed by atoms with E-state index in [1.807, 2.05) is 24.3 Å². The van der Waals surface area contributed by atoms with Gasteiger partial charge in [-0.2, -0.15) is 0 Å². The van der Waals surface area contributed by atoms with Crippen molar-refractivity contribution < 1.29 is 4.74 Å². The maximum atomic E-state index is 5.88. The van der Waals surface area contributed by atoms with Gasteiger partial charge < -0.3 is 4.74 Å². The minimum absolute atomic E-state index is 0.475. The summed E-state index contributed by atoms with van der Waals surface area (Å²) in [5.41, 5.74) is 4.81. The Morgan fingerprint density at radius 1 is 1.00 bits per heavy atom. The number of benzene rings is 2. The molecular formula is C16H17ClO. The fourth-order valence-corrected chi connectivity index (χ4v) is 2.03. The highest BCUT2D eigenvalue weighted by Gasteiger charge is 2.02. The van der Waals surface area contributed by atoms with Gasteiger partial charge in [-0.25, -0.2) is 0 Å². The van der Waals surface area contributed by atoms with Crippen LogP contribution in [0.1, 0.15) is 22.3 Å². The molecule has 2 rings (SSSR count). The molecule has 0 atom stereocenters. The van der Waals surface area contributed by atoms with Crippen LogP contribution in [-0.4, -0.2) is 0 Å². The molecule has 2 aromatic rings. The van der Waals surface area contributed by atoms with Crippen molar-refractivity contribution in [2.75, 3.05) is 0 Å². The van der Waals surface area contributed by atoms with Crippen molar-refractivity contribution >= 4 is 11.6 Å². The number of halogens is 1. The Morgan fingerprint density at radius 2 is 1.78 bits per heavy atom. The number of para-hydroxylation sites is 1. The van der Waals surface area contributed by atoms with E-state index in [1.165, 1.54) is 16.7 Å². The molecule has 0 amide bonds. The van der Waals surface area contributed by atoms with Crippen LogP contribution in [0.25, 0.3) is 0 Å². The Hall–Kier alpha value is -1.47. The van der Waals surface area contributed by atoms with Gasteiger partial charge in [0.05, 0.1) is 5.88 Å². The summed E-state index contributed by atoms with van der Waals surface area (Å²) in [7, 11) is 0. The smallest absolute Gasteiger partial charge is 0.124 e. The lowest BCUT2D eigenvalue weighted by Crippen LogP contribution is -1.98. The monoisotopic (exact) mass is 260 g/mol. The molecule has 0 spiro atoms. The molecule has 2 aromatic carbocycles. The van der Waals surface area contributed by atoms with Crippen molar-refractivity contribution in [2.24, 2.45) is 0 Å². The third-order valence-corrected chi connectivity index (χ3v) is 3.37. The lowest BCUT2D eigenvalue weighted by Gasteiger charge is -2.10. The van der Waals surface area contributed by atoms with E-state index in [4.69, 9.17) is 16.3 Å². The van der Waals surface area contributed by atoms with E-state index in [0.29, 0.717) is 12.5 Å². The predicted octanol–water partition coefficient (Wildman–Crippen LogP) is 4.62. The quantitative estimate of drug-likeness (QED) is 0.729. The van der Waals surface area contributed by atoms with Crippen LogP contribution >= 0.6 is 11.6 Å². The average molecular weight is 261 g/mol. The summed E-state index contributed by atoms with van der Waals surface area (Å²) >= 11 is 5.88. The molecule has 0 unspecified atom stereocenters. The summed E-state index contributed by atoms with van der Waals surface area (Å²) in [5, 5.41) is 0. The molecule has 0 aliphatic rings. The summed E-state index contributed by atoms with van der Waals surface area (Å²) in [6.07, 6.45) is 0. The first-order valence-electron chi connectivity index (χ1n) is 6.03. The van der Waals surface area contributed by atoms with Crippen molar-refractivity contribution in [1.82, 2.24) is 0 Å². The number of hydrogen-bond donors (Lipinski definition) is 0. The van der Waals surface area contributed by atoms with E-state index in [2.05, 4.69) is 32.0 Å². The lowest BCUT2D eigenvalue weighted by atomic mass is 10.1. The van der Waals surface area contributed by atoms with Crippen LogP contribution in [0.2, 0.25) is 0 Å². The van der Waals surface area contributed by atoms with Crippen molar-refractivity contribution in [2.45, 2.75) is 26.3 Å². The highest BCUT2D eigenvalue weighted by atomic mass is 35.5. The molecule has 0 saturated heterocycles. The molecule has 0 aromatic heterocycles. The normalized spacial score (nSPS) is 10.4. The molecule has 0 N–H and O–H groups in total. The van der Waals surface area contributed by atoms with Gasteiger partial charge in [0, 0.05) is 5.56 Å². The highest BCUT2D eigenvalue weighted by molar-refractivity contribution is 6.17. The predicted molar refractivity (Wildman–Crippen MR) is 76.2 cm³/mol. The van der Waals surface area contributed by atoms with Crippen molar-refractivity contribution in [3.8, 4) is 5.75 Å². The number of rotatable bonds is 4. The maximum absolute atomic E-state index is 5.88. The van der Waals surface area contributed by atoms with Crippen LogP contribution < -0.4 is 4.74 Å². The molecule has 0 fully saturated rings. The van der Waals surface area contributed by atoms with Gasteiger partial charge >= 0.3 is 0 Å². The van der Waals surface area contributed by atoms with Gasteiger partial charge in [-0.3, -0.25) is 0 Å². The van der Waals surface area contributed by atoms with Crippen LogP contribution in [0.15, 0.2) is 42.5 Å². The van der Waals surface area contributed by atoms with E-state index in [9.17, 15) is 0 Å². The molecule has 0 aliphatic carbocycles. The zero-order valence-corrected chi connectivity index (χ0v) is 11.5. The second-order valence-corrected chi connectivity index (χ2v) is 4.72. The second-order valence-electron chi connectivity index (χ2n) is 4.45. The van der Waals surface area contributed by atoms with Crippen LogP contribution in [0.5, 0.6) is 5.75 Å². The second kappa shape index (κ2) is 5.92. The van der Waals surface area contributed by atoms with Crippen molar-refractivity contribution in [1.29, 1.82) is 0 Å². The Kier molecular flexibility index (Phi) is 4.27. The SMILES string of the molecule is Cc1ccc(COc2ccccc2CCl)cc1C. The first kappa shape index (κ1) is 13.0. The third-order valence-electron chi connectivity index (χ3n) is 3.08. The molecular weight excluding hydrogens is 244 g/mol. The van der Waals surface area contributed by atoms with Gasteiger partial charge in [0.25, 0.3) is 0 Å². The molecule has 0 bridgehead atoms. The lowest BCUT2D eigenvalue weighted by molar-refractivity contribution is 0.303. The fraction of sp³-hybridized carbons (Fsp3) is 0.250. The molecule has 18 heavy (non-hydrogen) atoms. The third kappa shape index (κ3) is 3.05. The average Bonchev–Trinajstić information content (AvgIpc) is 2.40. The Morgan fingerprint density at radius 3 is 2.50 bits per heavy atom. The van der Waals surface area contributed by atoms with Gasteiger partial charge in [-0.05, 0) is 36.6 Å². The molecule has 0 aliphatic heterocycles. The molecule has 2 heteroatoms. The Bertz CT molecular complexity index is 534. The van der Waals surface area contributed by atoms with Crippen LogP contribution in [0.4, 0.5) is 0 Å². The summed E-state index contributed by atoms with van der Waals surface area (Å²) in [4.78, 5) is 0. The number of hydrogen-bond acceptors (Lipinski definition) is 1. The molecule has 94 valence electrons. The van der Waals surface area contributed by atoms with Gasteiger partial charge in [-0.1, -0.05) is 36.4 Å². The zero-order chi connectivity index (χ0) is 13.0. The van der Waals surface area contributed by atoms with E-state index >= 15 is 0 Å². The summed E-state index contributed by atoms with van der Waals surface area (Å²) in [6.45, 7) is 4.81. The van der Waals surface area contributed by atoms with Gasteiger partial charge in [0.1, 0.15) is 12.4 Å². The summed E-state index contributed by atoms with van der Waals surface area (Å²) in [5.74, 6) is 1.34. The fourth-order valence-electron chi connectivity index (χ4n) is 1.81. The number of ether oxygens (including phenoxy) is 1. The topological polar surface area (TPSA) is 9.23 Å². The highest BCUT2D eigenvalue weighted by Crippen LogP contribution is 2.21. The van der Waals surface area contributed by atoms with E-state index in [-0.39, 0.29) is 0 Å². The summed E-state index contributed by atoms with van der Waals surface area (Å²) in [6, 6.07) is 14.3. The van der Waals surface area contributed by atoms with Crippen LogP contribution in [0.3, 0.4) is 0 Å². The molecule has 1 nitrogen and oxygen atoms in total. The van der Waals surface area contributed by atoms with Crippen LogP contribution in [0, 0.1) is 13.8 Å². The first-order valence-corrected chi connectivity index (χ1v) is 6.57. The molecule has 0 heterocycles. The zero-order valence-electron chi connectivity index (χ0n) is 10.7. The van der Waals surface area contributed by atoms with Gasteiger partial charge in [-0.15, -0.1) is 11.6 Å². The molecule has 0 radical (unpaired) electrons. The van der Waals surface area contributed by atoms with Gasteiger partial charge in [0.2, 0.25) is 0 Å². The largest absolute Gasteiger partial charge is 0.489 e. The number of alkyl halides is 1. The van der Waals surface area contributed by atoms with E-state index in [0.717, 1.165) is 11.3 Å². The van der Waals surface area contributed by atoms with Crippen molar-refractivity contribution in [3.63, 3.8) is 0 Å². The Labute approximate surface area is 113 Å². The van der Waals surface area contributed by atoms with E-state index in [1.54, 1.807) is 0 Å². The van der Waals surface area contributed by atoms with Gasteiger partial charge in [0.15, 0.2) is 0 Å². The van der Waals surface area contributed by atoms with E-state index < -0.39 is 0 Å². The Balaban J connectivity index is 2.09. The molecule has 0 saturated carbocycles. The van der Waals surface area contributed by atoms with Crippen LogP contribution in [-0.2, 0) is 12.5 Å². The summed E-state index contributed by atoms with van der Waals surface area (Å²) < 4.78 is 5.82. The standard InChI is InChI=1S/C16H17ClO/c1-12-7-8-14(9-13(12)2)11-18-16-6-4-3-5-15(16)10-17/h3-9H,10-11H2,1-2H3. The first-order chi connectivity index (χ1) is 8.70. The number of aryl methyl sites for hydroxylation is 2. The maximum Gasteiger partial charge on any atom is 0.124 e.